The van der Waals surface area contributed by atoms with Gasteiger partial charge in [0, 0.05) is 5.56 Å². The van der Waals surface area contributed by atoms with Gasteiger partial charge in [0.1, 0.15) is 10.1 Å². The first kappa shape index (κ1) is 26.2. The Morgan fingerprint density at radius 3 is 1.60 bits per heavy atom. The van der Waals surface area contributed by atoms with Gasteiger partial charge in [0.15, 0.2) is 14.7 Å². The van der Waals surface area contributed by atoms with E-state index >= 15 is 0 Å². The van der Waals surface area contributed by atoms with Crippen LogP contribution < -0.4 is 0 Å². The van der Waals surface area contributed by atoms with Crippen molar-refractivity contribution in [3.63, 3.8) is 0 Å². The molecule has 0 aliphatic rings. The van der Waals surface area contributed by atoms with Crippen molar-refractivity contribution in [3.05, 3.63) is 120 Å². The molecule has 0 amide bonds. The predicted octanol–water partition coefficient (Wildman–Crippen LogP) is 6.54. The Balaban J connectivity index is 0.000000241. The lowest BCUT2D eigenvalue weighted by molar-refractivity contribution is 0.463. The van der Waals surface area contributed by atoms with Crippen LogP contribution in [0, 0.1) is 11.3 Å². The zero-order valence-corrected chi connectivity index (χ0v) is 21.5. The van der Waals surface area contributed by atoms with Gasteiger partial charge in [-0.05, 0) is 60.0 Å². The molecule has 0 atom stereocenters. The average molecular weight is 502 g/mol. The molecule has 0 heterocycles. The van der Waals surface area contributed by atoms with Gasteiger partial charge in [-0.3, -0.25) is 0 Å². The molecule has 0 fully saturated rings. The first-order valence-corrected chi connectivity index (χ1v) is 13.6. The lowest BCUT2D eigenvalue weighted by Crippen LogP contribution is -2.17. The van der Waals surface area contributed by atoms with E-state index in [-0.39, 0.29) is 21.2 Å². The van der Waals surface area contributed by atoms with Crippen molar-refractivity contribution in [1.82, 2.24) is 0 Å². The highest BCUT2D eigenvalue weighted by molar-refractivity contribution is 7.97. The Hall–Kier alpha value is -3.37. The van der Waals surface area contributed by atoms with Gasteiger partial charge >= 0.3 is 0 Å². The van der Waals surface area contributed by atoms with Gasteiger partial charge in [0.05, 0.1) is 27.4 Å². The summed E-state index contributed by atoms with van der Waals surface area (Å²) < 4.78 is 31.2. The van der Waals surface area contributed by atoms with Crippen LogP contribution in [0.4, 0.5) is 0 Å². The fourth-order valence-corrected chi connectivity index (χ4v) is 6.38. The molecular weight excluding hydrogens is 474 g/mol. The molecule has 4 aromatic carbocycles. The van der Waals surface area contributed by atoms with Gasteiger partial charge in [-0.2, -0.15) is 5.26 Å². The maximum Gasteiger partial charge on any atom is 0.170 e. The van der Waals surface area contributed by atoms with Gasteiger partial charge < -0.3 is 4.55 Å². The third kappa shape index (κ3) is 7.06. The van der Waals surface area contributed by atoms with Crippen molar-refractivity contribution in [1.29, 1.82) is 5.26 Å². The molecule has 0 spiro atoms. The van der Waals surface area contributed by atoms with Crippen molar-refractivity contribution >= 4 is 21.0 Å². The summed E-state index contributed by atoms with van der Waals surface area (Å²) in [4.78, 5) is 3.85. The lowest BCUT2D eigenvalue weighted by Gasteiger charge is -2.22. The van der Waals surface area contributed by atoms with Crippen molar-refractivity contribution in [2.75, 3.05) is 0 Å². The van der Waals surface area contributed by atoms with E-state index in [1.54, 1.807) is 0 Å². The molecule has 0 bridgehead atoms. The van der Waals surface area contributed by atoms with E-state index in [4.69, 9.17) is 5.26 Å². The minimum absolute atomic E-state index is 0.0727. The molecule has 0 aromatic heterocycles. The molecule has 4 aromatic rings. The number of hydrogen-bond acceptors (Lipinski definition) is 4. The summed E-state index contributed by atoms with van der Waals surface area (Å²) in [6, 6.07) is 37.2. The number of nitriles is 1. The van der Waals surface area contributed by atoms with Gasteiger partial charge in [-0.1, -0.05) is 75.4 Å². The van der Waals surface area contributed by atoms with E-state index in [1.807, 2.05) is 6.07 Å². The highest BCUT2D eigenvalue weighted by Gasteiger charge is 2.33. The topological polar surface area (TPSA) is 81.0 Å². The normalized spacial score (nSPS) is 11.3. The first-order chi connectivity index (χ1) is 16.6. The molecule has 0 radical (unpaired) electrons. The van der Waals surface area contributed by atoms with Crippen molar-refractivity contribution in [2.45, 2.75) is 45.8 Å². The molecule has 0 aliphatic carbocycles. The van der Waals surface area contributed by atoms with Crippen molar-refractivity contribution in [2.24, 2.45) is 0 Å². The molecule has 0 saturated heterocycles. The third-order valence-electron chi connectivity index (χ3n) is 5.14. The van der Waals surface area contributed by atoms with E-state index in [9.17, 15) is 13.0 Å². The quantitative estimate of drug-likeness (QED) is 0.235. The Bertz CT molecular complexity index is 1350. The second kappa shape index (κ2) is 11.4. The van der Waals surface area contributed by atoms with Crippen LogP contribution in [0.25, 0.3) is 0 Å². The molecule has 0 saturated carbocycles. The summed E-state index contributed by atoms with van der Waals surface area (Å²) in [6.45, 7) is 6.88. The van der Waals surface area contributed by atoms with Gasteiger partial charge in [-0.15, -0.1) is 0 Å². The minimum atomic E-state index is -4.39. The molecule has 4 nitrogen and oxygen atoms in total. The van der Waals surface area contributed by atoms with Gasteiger partial charge in [0.2, 0.25) is 0 Å². The highest BCUT2D eigenvalue weighted by Crippen LogP contribution is 2.37. The second-order valence-corrected chi connectivity index (χ2v) is 12.1. The fraction of sp³-hybridized carbons (Fsp3) is 0.138. The highest BCUT2D eigenvalue weighted by atomic mass is 32.2. The summed E-state index contributed by atoms with van der Waals surface area (Å²) in [7, 11) is -4.46. The Kier molecular flexibility index (Phi) is 8.52. The van der Waals surface area contributed by atoms with Crippen molar-refractivity contribution in [3.8, 4) is 6.07 Å². The van der Waals surface area contributed by atoms with E-state index in [2.05, 4.69) is 106 Å². The smallest absolute Gasteiger partial charge is 0.170 e. The van der Waals surface area contributed by atoms with Gasteiger partial charge in [0.25, 0.3) is 0 Å². The summed E-state index contributed by atoms with van der Waals surface area (Å²) in [5, 5.41) is 8.35. The summed E-state index contributed by atoms with van der Waals surface area (Å²) >= 11 is 0. The summed E-state index contributed by atoms with van der Waals surface area (Å²) in [5.41, 5.74) is 1.88. The molecule has 178 valence electrons. The predicted molar refractivity (Wildman–Crippen MR) is 139 cm³/mol. The molecule has 4 rings (SSSR count). The van der Waals surface area contributed by atoms with Crippen molar-refractivity contribution < 1.29 is 13.0 Å². The third-order valence-corrected chi connectivity index (χ3v) is 8.28. The molecule has 0 aliphatic heterocycles. The van der Waals surface area contributed by atoms with Crippen LogP contribution in [0.15, 0.2) is 129 Å². The summed E-state index contributed by atoms with van der Waals surface area (Å²) in [6.07, 6.45) is 0. The number of hydrogen-bond donors (Lipinski definition) is 0. The number of benzene rings is 4. The first-order valence-electron chi connectivity index (χ1n) is 11.0. The maximum atomic E-state index is 10.4. The van der Waals surface area contributed by atoms with Crippen LogP contribution in [-0.4, -0.2) is 13.0 Å². The van der Waals surface area contributed by atoms with Crippen LogP contribution in [0.2, 0.25) is 0 Å². The molecular formula is C29H27NO3S2. The summed E-state index contributed by atoms with van der Waals surface area (Å²) in [5.74, 6) is 0. The molecule has 0 N–H and O–H groups in total. The van der Waals surface area contributed by atoms with E-state index < -0.39 is 10.1 Å². The Morgan fingerprint density at radius 2 is 1.17 bits per heavy atom. The monoisotopic (exact) mass is 501 g/mol. The Morgan fingerprint density at radius 1 is 0.714 bits per heavy atom. The Labute approximate surface area is 211 Å². The van der Waals surface area contributed by atoms with Crippen LogP contribution in [0.3, 0.4) is 0 Å². The largest absolute Gasteiger partial charge is 0.744 e. The standard InChI is InChI=1S/C22H23S.C7H5NO3S/c1-22(2,3)20-16-10-11-17-21(20)23(18-12-6-4-7-13-18)19-14-8-5-9-15-19;8-5-6-1-3-7(4-2-6)12(9,10)11/h4-17H,1-3H3;1-4H,(H,9,10,11)/q+1;/p-1. The van der Waals surface area contributed by atoms with Crippen LogP contribution in [-0.2, 0) is 26.4 Å². The zero-order chi connectivity index (χ0) is 25.5. The van der Waals surface area contributed by atoms with Gasteiger partial charge in [-0.25, -0.2) is 8.42 Å². The molecule has 6 heteroatoms. The van der Waals surface area contributed by atoms with Crippen LogP contribution in [0.1, 0.15) is 31.9 Å². The second-order valence-electron chi connectivity index (χ2n) is 8.77. The SMILES string of the molecule is CC(C)(C)c1ccccc1[S+](c1ccccc1)c1ccccc1.N#Cc1ccc(S(=O)(=O)[O-])cc1. The number of nitrogens with zero attached hydrogens (tertiary/aromatic N) is 1. The van der Waals surface area contributed by atoms with E-state index in [0.717, 1.165) is 12.1 Å². The van der Waals surface area contributed by atoms with E-state index in [0.29, 0.717) is 5.56 Å². The average Bonchev–Trinajstić information content (AvgIpc) is 2.85. The zero-order valence-electron chi connectivity index (χ0n) is 19.9. The minimum Gasteiger partial charge on any atom is -0.744 e. The van der Waals surface area contributed by atoms with Crippen LogP contribution in [0.5, 0.6) is 0 Å². The molecule has 0 unspecified atom stereocenters. The lowest BCUT2D eigenvalue weighted by atomic mass is 9.87. The number of rotatable bonds is 4. The maximum absolute atomic E-state index is 10.4. The van der Waals surface area contributed by atoms with E-state index in [1.165, 1.54) is 32.4 Å². The van der Waals surface area contributed by atoms with Crippen LogP contribution >= 0.6 is 0 Å². The fourth-order valence-electron chi connectivity index (χ4n) is 3.46. The molecule has 35 heavy (non-hydrogen) atoms.